The van der Waals surface area contributed by atoms with Crippen LogP contribution in [-0.2, 0) is 9.84 Å². The van der Waals surface area contributed by atoms with E-state index in [-0.39, 0.29) is 5.56 Å². The third-order valence-electron chi connectivity index (χ3n) is 4.06. The Labute approximate surface area is 170 Å². The fraction of sp³-hybridized carbons (Fsp3) is 0.158. The van der Waals surface area contributed by atoms with Crippen molar-refractivity contribution in [1.82, 2.24) is 4.98 Å². The minimum absolute atomic E-state index is 0.122. The summed E-state index contributed by atoms with van der Waals surface area (Å²) in [6.45, 7) is 1.87. The second kappa shape index (κ2) is 8.26. The number of rotatable bonds is 6. The number of thiazole rings is 1. The summed E-state index contributed by atoms with van der Waals surface area (Å²) in [7, 11) is -3.12. The van der Waals surface area contributed by atoms with Gasteiger partial charge in [-0.2, -0.15) is 8.78 Å². The van der Waals surface area contributed by atoms with E-state index in [9.17, 15) is 22.0 Å². The van der Waals surface area contributed by atoms with E-state index in [0.717, 1.165) is 22.6 Å². The molecule has 1 N–H and O–H groups in total. The van der Waals surface area contributed by atoms with E-state index in [2.05, 4.69) is 10.3 Å². The van der Waals surface area contributed by atoms with Crippen LogP contribution in [0.1, 0.15) is 15.2 Å². The Bertz CT molecular complexity index is 1130. The van der Waals surface area contributed by atoms with E-state index in [0.29, 0.717) is 16.6 Å². The summed E-state index contributed by atoms with van der Waals surface area (Å²) < 4.78 is 53.2. The van der Waals surface area contributed by atoms with Crippen molar-refractivity contribution in [2.45, 2.75) is 17.6 Å². The first-order valence-corrected chi connectivity index (χ1v) is 10.6. The lowest BCUT2D eigenvalue weighted by molar-refractivity contribution is 0.102. The van der Waals surface area contributed by atoms with Gasteiger partial charge in [0, 0.05) is 16.0 Å². The fourth-order valence-electron chi connectivity index (χ4n) is 2.53. The maximum Gasteiger partial charge on any atom is 0.341 e. The number of carbonyl (C=O) groups excluding carboxylic acids is 1. The molecule has 1 aromatic heterocycles. The second-order valence-corrected chi connectivity index (χ2v) is 9.06. The number of methoxy groups -OCH3 is 1. The molecule has 3 aromatic rings. The zero-order valence-electron chi connectivity index (χ0n) is 15.3. The Balaban J connectivity index is 1.77. The van der Waals surface area contributed by atoms with Gasteiger partial charge in [0.15, 0.2) is 5.13 Å². The number of anilines is 1. The van der Waals surface area contributed by atoms with Gasteiger partial charge in [0.2, 0.25) is 9.84 Å². The first kappa shape index (κ1) is 20.9. The van der Waals surface area contributed by atoms with Crippen LogP contribution < -0.4 is 10.1 Å². The van der Waals surface area contributed by atoms with E-state index >= 15 is 0 Å². The lowest BCUT2D eigenvalue weighted by atomic mass is 10.1. The van der Waals surface area contributed by atoms with Crippen LogP contribution in [0.5, 0.6) is 5.75 Å². The first-order chi connectivity index (χ1) is 13.7. The van der Waals surface area contributed by atoms with Gasteiger partial charge in [-0.15, -0.1) is 11.3 Å². The van der Waals surface area contributed by atoms with Gasteiger partial charge < -0.3 is 4.74 Å². The fourth-order valence-corrected chi connectivity index (χ4v) is 4.09. The molecule has 3 rings (SSSR count). The van der Waals surface area contributed by atoms with Gasteiger partial charge in [0.25, 0.3) is 5.91 Å². The Morgan fingerprint density at radius 1 is 1.10 bits per heavy atom. The Morgan fingerprint density at radius 2 is 1.72 bits per heavy atom. The smallest absolute Gasteiger partial charge is 0.341 e. The van der Waals surface area contributed by atoms with Crippen LogP contribution in [0.3, 0.4) is 0 Å². The number of nitrogens with one attached hydrogen (secondary N) is 1. The van der Waals surface area contributed by atoms with Crippen molar-refractivity contribution >= 4 is 32.2 Å². The molecule has 0 atom stereocenters. The van der Waals surface area contributed by atoms with E-state index < -0.39 is 26.4 Å². The van der Waals surface area contributed by atoms with Crippen LogP contribution in [0.15, 0.2) is 53.4 Å². The van der Waals surface area contributed by atoms with Crippen LogP contribution in [0.2, 0.25) is 0 Å². The molecule has 152 valence electrons. The summed E-state index contributed by atoms with van der Waals surface area (Å²) in [5.41, 5.74) is 1.70. The van der Waals surface area contributed by atoms with E-state index in [1.165, 1.54) is 23.5 Å². The SMILES string of the molecule is COc1ccc(-c2nc(NC(=O)c3ccc(S(=O)(=O)C(F)F)cc3)sc2C)cc1. The number of amides is 1. The van der Waals surface area contributed by atoms with Crippen molar-refractivity contribution in [2.75, 3.05) is 12.4 Å². The summed E-state index contributed by atoms with van der Waals surface area (Å²) in [5.74, 6) is -3.33. The van der Waals surface area contributed by atoms with Crippen LogP contribution in [0.25, 0.3) is 11.3 Å². The predicted molar refractivity (Wildman–Crippen MR) is 106 cm³/mol. The standard InChI is InChI=1S/C19H16F2N2O4S2/c1-11-16(12-3-7-14(27-2)8-4-12)22-19(28-11)23-17(24)13-5-9-15(10-6-13)29(25,26)18(20)21/h3-10,18H,1-2H3,(H,22,23,24). The normalized spacial score (nSPS) is 11.5. The quantitative estimate of drug-likeness (QED) is 0.618. The van der Waals surface area contributed by atoms with Crippen molar-refractivity contribution < 1.29 is 26.7 Å². The molecule has 1 heterocycles. The highest BCUT2D eigenvalue weighted by molar-refractivity contribution is 7.91. The third-order valence-corrected chi connectivity index (χ3v) is 6.34. The van der Waals surface area contributed by atoms with Crippen LogP contribution >= 0.6 is 11.3 Å². The third kappa shape index (κ3) is 4.43. The van der Waals surface area contributed by atoms with Gasteiger partial charge >= 0.3 is 5.76 Å². The number of aromatic nitrogens is 1. The molecular formula is C19H16F2N2O4S2. The summed E-state index contributed by atoms with van der Waals surface area (Å²) in [5, 5.41) is 3.00. The molecule has 0 unspecified atom stereocenters. The molecule has 2 aromatic carbocycles. The highest BCUT2D eigenvalue weighted by Crippen LogP contribution is 2.31. The average Bonchev–Trinajstić information content (AvgIpc) is 3.08. The summed E-state index contributed by atoms with van der Waals surface area (Å²) in [6, 6.07) is 11.6. The molecule has 1 amide bonds. The van der Waals surface area contributed by atoms with Crippen LogP contribution in [0, 0.1) is 6.92 Å². The first-order valence-electron chi connectivity index (χ1n) is 8.27. The second-order valence-electron chi connectivity index (χ2n) is 5.94. The van der Waals surface area contributed by atoms with E-state index in [1.807, 2.05) is 19.1 Å². The number of ether oxygens (including phenoxy) is 1. The molecular weight excluding hydrogens is 422 g/mol. The molecule has 0 spiro atoms. The van der Waals surface area contributed by atoms with Crippen molar-refractivity contribution in [1.29, 1.82) is 0 Å². The zero-order chi connectivity index (χ0) is 21.2. The molecule has 0 bridgehead atoms. The van der Waals surface area contributed by atoms with Gasteiger partial charge in [-0.05, 0) is 55.5 Å². The number of nitrogens with zero attached hydrogens (tertiary/aromatic N) is 1. The number of benzene rings is 2. The van der Waals surface area contributed by atoms with Gasteiger partial charge in [-0.1, -0.05) is 0 Å². The lowest BCUT2D eigenvalue weighted by Crippen LogP contribution is -2.14. The summed E-state index contributed by atoms with van der Waals surface area (Å²) >= 11 is 1.28. The van der Waals surface area contributed by atoms with Crippen LogP contribution in [-0.4, -0.2) is 32.2 Å². The minimum Gasteiger partial charge on any atom is -0.497 e. The molecule has 0 saturated carbocycles. The van der Waals surface area contributed by atoms with Crippen molar-refractivity contribution in [3.63, 3.8) is 0 Å². The van der Waals surface area contributed by atoms with Gasteiger partial charge in [0.1, 0.15) is 5.75 Å². The lowest BCUT2D eigenvalue weighted by Gasteiger charge is -2.05. The molecule has 0 aliphatic carbocycles. The Morgan fingerprint density at radius 3 is 2.28 bits per heavy atom. The largest absolute Gasteiger partial charge is 0.497 e. The maximum absolute atomic E-state index is 12.6. The number of sulfone groups is 1. The number of aryl methyl sites for hydroxylation is 1. The molecule has 0 aliphatic rings. The highest BCUT2D eigenvalue weighted by Gasteiger charge is 2.26. The number of hydrogen-bond donors (Lipinski definition) is 1. The topological polar surface area (TPSA) is 85.4 Å². The number of alkyl halides is 2. The predicted octanol–water partition coefficient (Wildman–Crippen LogP) is 4.38. The van der Waals surface area contributed by atoms with Crippen LogP contribution in [0.4, 0.5) is 13.9 Å². The molecule has 0 saturated heterocycles. The van der Waals surface area contributed by atoms with Gasteiger partial charge in [0.05, 0.1) is 17.7 Å². The molecule has 10 heteroatoms. The van der Waals surface area contributed by atoms with Crippen molar-refractivity contribution in [2.24, 2.45) is 0 Å². The number of carbonyl (C=O) groups is 1. The molecule has 0 radical (unpaired) electrons. The molecule has 29 heavy (non-hydrogen) atoms. The number of hydrogen-bond acceptors (Lipinski definition) is 6. The van der Waals surface area contributed by atoms with Gasteiger partial charge in [-0.25, -0.2) is 13.4 Å². The number of halogens is 2. The Hall–Kier alpha value is -2.85. The van der Waals surface area contributed by atoms with E-state index in [1.54, 1.807) is 19.2 Å². The molecule has 0 fully saturated rings. The summed E-state index contributed by atoms with van der Waals surface area (Å²) in [6.07, 6.45) is 0. The average molecular weight is 438 g/mol. The highest BCUT2D eigenvalue weighted by atomic mass is 32.2. The monoisotopic (exact) mass is 438 g/mol. The van der Waals surface area contributed by atoms with Crippen molar-refractivity contribution in [3.05, 3.63) is 59.0 Å². The van der Waals surface area contributed by atoms with Crippen molar-refractivity contribution in [3.8, 4) is 17.0 Å². The summed E-state index contributed by atoms with van der Waals surface area (Å²) in [4.78, 5) is 17.2. The van der Waals surface area contributed by atoms with E-state index in [4.69, 9.17) is 4.74 Å². The zero-order valence-corrected chi connectivity index (χ0v) is 17.0. The maximum atomic E-state index is 12.6. The minimum atomic E-state index is -4.70. The van der Waals surface area contributed by atoms with Gasteiger partial charge in [-0.3, -0.25) is 10.1 Å². The molecule has 0 aliphatic heterocycles. The Kier molecular flexibility index (Phi) is 5.94. The molecule has 6 nitrogen and oxygen atoms in total.